The van der Waals surface area contributed by atoms with Gasteiger partial charge in [0.15, 0.2) is 0 Å². The van der Waals surface area contributed by atoms with Crippen molar-refractivity contribution in [3.05, 3.63) is 45.5 Å². The van der Waals surface area contributed by atoms with E-state index in [1.54, 1.807) is 0 Å². The molecule has 0 unspecified atom stereocenters. The molecule has 66 valence electrons. The summed E-state index contributed by atoms with van der Waals surface area (Å²) >= 11 is 2.35. The second kappa shape index (κ2) is 3.64. The van der Waals surface area contributed by atoms with Crippen LogP contribution in [0.5, 0.6) is 0 Å². The summed E-state index contributed by atoms with van der Waals surface area (Å²) in [6.45, 7) is 0.608. The zero-order valence-electron chi connectivity index (χ0n) is 7.13. The first kappa shape index (κ1) is 8.97. The van der Waals surface area contributed by atoms with Crippen LogP contribution >= 0.6 is 22.6 Å². The number of nitrogens with two attached hydrogens (primary N) is 1. The fourth-order valence-corrected chi connectivity index (χ4v) is 2.41. The Bertz CT molecular complexity index is 432. The van der Waals surface area contributed by atoms with E-state index < -0.39 is 0 Å². The molecule has 0 aliphatic carbocycles. The van der Waals surface area contributed by atoms with Crippen molar-refractivity contribution in [2.75, 3.05) is 0 Å². The number of rotatable bonds is 1. The third kappa shape index (κ3) is 1.56. The van der Waals surface area contributed by atoms with Gasteiger partial charge in [-0.1, -0.05) is 30.3 Å². The summed E-state index contributed by atoms with van der Waals surface area (Å²) in [5.41, 5.74) is 6.91. The van der Waals surface area contributed by atoms with Gasteiger partial charge in [-0.05, 0) is 45.0 Å². The zero-order chi connectivity index (χ0) is 9.26. The van der Waals surface area contributed by atoms with E-state index in [4.69, 9.17) is 5.73 Å². The van der Waals surface area contributed by atoms with Gasteiger partial charge < -0.3 is 5.73 Å². The van der Waals surface area contributed by atoms with Crippen molar-refractivity contribution in [1.82, 2.24) is 0 Å². The summed E-state index contributed by atoms with van der Waals surface area (Å²) < 4.78 is 1.27. The quantitative estimate of drug-likeness (QED) is 0.800. The highest BCUT2D eigenvalue weighted by Gasteiger charge is 2.01. The van der Waals surface area contributed by atoms with E-state index >= 15 is 0 Å². The number of benzene rings is 2. The van der Waals surface area contributed by atoms with Crippen LogP contribution in [0.4, 0.5) is 0 Å². The van der Waals surface area contributed by atoms with Crippen molar-refractivity contribution >= 4 is 33.4 Å². The Kier molecular flexibility index (Phi) is 2.51. The summed E-state index contributed by atoms with van der Waals surface area (Å²) in [4.78, 5) is 0. The van der Waals surface area contributed by atoms with E-state index in [0.29, 0.717) is 6.54 Å². The predicted molar refractivity (Wildman–Crippen MR) is 64.6 cm³/mol. The Hall–Kier alpha value is -0.610. The average molecular weight is 283 g/mol. The normalized spacial score (nSPS) is 10.6. The molecule has 0 aromatic heterocycles. The van der Waals surface area contributed by atoms with Crippen LogP contribution in [0.2, 0.25) is 0 Å². The first-order valence-corrected chi connectivity index (χ1v) is 5.27. The van der Waals surface area contributed by atoms with Crippen LogP contribution in [0.25, 0.3) is 10.8 Å². The minimum Gasteiger partial charge on any atom is -0.326 e. The van der Waals surface area contributed by atoms with Crippen LogP contribution in [-0.4, -0.2) is 0 Å². The van der Waals surface area contributed by atoms with Crippen LogP contribution < -0.4 is 5.73 Å². The third-order valence-corrected chi connectivity index (χ3v) is 3.06. The maximum Gasteiger partial charge on any atom is 0.0212 e. The van der Waals surface area contributed by atoms with Crippen LogP contribution in [0.1, 0.15) is 5.56 Å². The van der Waals surface area contributed by atoms with Gasteiger partial charge >= 0.3 is 0 Å². The van der Waals surface area contributed by atoms with Crippen molar-refractivity contribution in [2.24, 2.45) is 5.73 Å². The van der Waals surface area contributed by atoms with Gasteiger partial charge in [0.1, 0.15) is 0 Å². The topological polar surface area (TPSA) is 26.0 Å². The highest BCUT2D eigenvalue weighted by Crippen LogP contribution is 2.23. The second-order valence-corrected chi connectivity index (χ2v) is 4.12. The number of hydrogen-bond donors (Lipinski definition) is 1. The van der Waals surface area contributed by atoms with E-state index in [1.807, 2.05) is 0 Å². The van der Waals surface area contributed by atoms with Gasteiger partial charge in [-0.3, -0.25) is 0 Å². The highest BCUT2D eigenvalue weighted by atomic mass is 127. The highest BCUT2D eigenvalue weighted by molar-refractivity contribution is 14.1. The summed E-state index contributed by atoms with van der Waals surface area (Å²) in [6.07, 6.45) is 0. The number of fused-ring (bicyclic) bond motifs is 1. The SMILES string of the molecule is NCc1cccc2cccc(I)c12. The van der Waals surface area contributed by atoms with E-state index in [1.165, 1.54) is 19.9 Å². The third-order valence-electron chi connectivity index (χ3n) is 2.16. The molecule has 2 aromatic carbocycles. The maximum absolute atomic E-state index is 5.68. The lowest BCUT2D eigenvalue weighted by molar-refractivity contribution is 1.09. The molecule has 2 heteroatoms. The van der Waals surface area contributed by atoms with Crippen LogP contribution in [0, 0.1) is 3.57 Å². The molecule has 2 rings (SSSR count). The number of halogens is 1. The molecule has 0 saturated carbocycles. The smallest absolute Gasteiger partial charge is 0.0212 e. The van der Waals surface area contributed by atoms with Crippen molar-refractivity contribution < 1.29 is 0 Å². The summed E-state index contributed by atoms with van der Waals surface area (Å²) in [6, 6.07) is 12.6. The molecular weight excluding hydrogens is 273 g/mol. The predicted octanol–water partition coefficient (Wildman–Crippen LogP) is 2.90. The summed E-state index contributed by atoms with van der Waals surface area (Å²) in [5.74, 6) is 0. The first-order valence-electron chi connectivity index (χ1n) is 4.19. The zero-order valence-corrected chi connectivity index (χ0v) is 9.28. The molecule has 0 amide bonds. The second-order valence-electron chi connectivity index (χ2n) is 2.96. The molecule has 1 nitrogen and oxygen atoms in total. The van der Waals surface area contributed by atoms with Crippen molar-refractivity contribution in [1.29, 1.82) is 0 Å². The van der Waals surface area contributed by atoms with Crippen molar-refractivity contribution in [3.8, 4) is 0 Å². The van der Waals surface area contributed by atoms with Gasteiger partial charge in [0, 0.05) is 10.1 Å². The molecule has 0 fully saturated rings. The molecular formula is C11H10IN. The van der Waals surface area contributed by atoms with E-state index in [2.05, 4.69) is 59.0 Å². The molecule has 0 radical (unpaired) electrons. The van der Waals surface area contributed by atoms with Gasteiger partial charge in [-0.15, -0.1) is 0 Å². The van der Waals surface area contributed by atoms with E-state index in [0.717, 1.165) is 0 Å². The molecule has 0 spiro atoms. The van der Waals surface area contributed by atoms with E-state index in [-0.39, 0.29) is 0 Å². The Morgan fingerprint density at radius 3 is 2.46 bits per heavy atom. The summed E-state index contributed by atoms with van der Waals surface area (Å²) in [7, 11) is 0. The van der Waals surface area contributed by atoms with Crippen molar-refractivity contribution in [3.63, 3.8) is 0 Å². The van der Waals surface area contributed by atoms with E-state index in [9.17, 15) is 0 Å². The standard InChI is InChI=1S/C11H10IN/c12-10-6-2-4-8-3-1-5-9(7-13)11(8)10/h1-6H,7,13H2. The lowest BCUT2D eigenvalue weighted by atomic mass is 10.1. The van der Waals surface area contributed by atoms with Crippen LogP contribution in [0.15, 0.2) is 36.4 Å². The number of hydrogen-bond acceptors (Lipinski definition) is 1. The molecule has 0 atom stereocenters. The molecule has 0 saturated heterocycles. The van der Waals surface area contributed by atoms with Gasteiger partial charge in [0.25, 0.3) is 0 Å². The average Bonchev–Trinajstić information content (AvgIpc) is 2.17. The largest absolute Gasteiger partial charge is 0.326 e. The minimum absolute atomic E-state index is 0.608. The Labute approximate surface area is 91.1 Å². The molecule has 0 aliphatic rings. The minimum atomic E-state index is 0.608. The molecule has 0 heterocycles. The fourth-order valence-electron chi connectivity index (χ4n) is 1.54. The maximum atomic E-state index is 5.68. The molecule has 0 aliphatic heterocycles. The monoisotopic (exact) mass is 283 g/mol. The van der Waals surface area contributed by atoms with Gasteiger partial charge in [0.2, 0.25) is 0 Å². The van der Waals surface area contributed by atoms with Crippen molar-refractivity contribution in [2.45, 2.75) is 6.54 Å². The lowest BCUT2D eigenvalue weighted by Gasteiger charge is -2.05. The Balaban J connectivity index is 2.87. The molecule has 13 heavy (non-hydrogen) atoms. The Morgan fingerprint density at radius 1 is 1.08 bits per heavy atom. The Morgan fingerprint density at radius 2 is 1.77 bits per heavy atom. The molecule has 2 aromatic rings. The lowest BCUT2D eigenvalue weighted by Crippen LogP contribution is -1.97. The van der Waals surface area contributed by atoms with Gasteiger partial charge in [-0.2, -0.15) is 0 Å². The first-order chi connectivity index (χ1) is 6.33. The van der Waals surface area contributed by atoms with Crippen LogP contribution in [-0.2, 0) is 6.54 Å². The fraction of sp³-hybridized carbons (Fsp3) is 0.0909. The molecule has 2 N–H and O–H groups in total. The van der Waals surface area contributed by atoms with Gasteiger partial charge in [0.05, 0.1) is 0 Å². The van der Waals surface area contributed by atoms with Gasteiger partial charge in [-0.25, -0.2) is 0 Å². The van der Waals surface area contributed by atoms with Crippen LogP contribution in [0.3, 0.4) is 0 Å². The molecule has 0 bridgehead atoms. The summed E-state index contributed by atoms with van der Waals surface area (Å²) in [5, 5.41) is 2.57.